The van der Waals surface area contributed by atoms with Gasteiger partial charge in [-0.1, -0.05) is 0 Å². The SMILES string of the molecule is CC(C)(C)OC(=O)NC[C@@H]1CCCN(C(=O)c2cccn3ccnc23)C1. The van der Waals surface area contributed by atoms with Crippen molar-refractivity contribution in [2.75, 3.05) is 19.6 Å². The average Bonchev–Trinajstić information content (AvgIpc) is 3.07. The van der Waals surface area contributed by atoms with Crippen molar-refractivity contribution in [2.45, 2.75) is 39.2 Å². The Labute approximate surface area is 153 Å². The van der Waals surface area contributed by atoms with Gasteiger partial charge in [0.25, 0.3) is 5.91 Å². The number of alkyl carbamates (subject to hydrolysis) is 1. The minimum absolute atomic E-state index is 0.0104. The number of ether oxygens (including phenoxy) is 1. The van der Waals surface area contributed by atoms with E-state index >= 15 is 0 Å². The number of imidazole rings is 1. The number of hydrogen-bond acceptors (Lipinski definition) is 4. The molecule has 2 amide bonds. The quantitative estimate of drug-likeness (QED) is 0.915. The lowest BCUT2D eigenvalue weighted by Crippen LogP contribution is -2.44. The summed E-state index contributed by atoms with van der Waals surface area (Å²) in [4.78, 5) is 30.9. The van der Waals surface area contributed by atoms with Crippen LogP contribution in [0.15, 0.2) is 30.7 Å². The summed E-state index contributed by atoms with van der Waals surface area (Å²) in [6.07, 6.45) is 6.88. The van der Waals surface area contributed by atoms with E-state index in [0.29, 0.717) is 24.3 Å². The summed E-state index contributed by atoms with van der Waals surface area (Å²) >= 11 is 0. The van der Waals surface area contributed by atoms with Gasteiger partial charge in [0, 0.05) is 38.2 Å². The van der Waals surface area contributed by atoms with Crippen molar-refractivity contribution >= 4 is 17.6 Å². The van der Waals surface area contributed by atoms with Gasteiger partial charge in [0.2, 0.25) is 0 Å². The van der Waals surface area contributed by atoms with Gasteiger partial charge in [-0.3, -0.25) is 4.79 Å². The summed E-state index contributed by atoms with van der Waals surface area (Å²) in [5, 5.41) is 2.82. The summed E-state index contributed by atoms with van der Waals surface area (Å²) < 4.78 is 7.12. The van der Waals surface area contributed by atoms with Crippen LogP contribution in [-0.2, 0) is 4.74 Å². The summed E-state index contributed by atoms with van der Waals surface area (Å²) in [6, 6.07) is 3.67. The molecule has 1 saturated heterocycles. The van der Waals surface area contributed by atoms with Crippen LogP contribution in [0.4, 0.5) is 4.79 Å². The molecule has 1 fully saturated rings. The number of amides is 2. The van der Waals surface area contributed by atoms with E-state index in [0.717, 1.165) is 19.4 Å². The number of carbonyl (C=O) groups excluding carboxylic acids is 2. The first kappa shape index (κ1) is 18.2. The number of rotatable bonds is 3. The number of likely N-dealkylation sites (tertiary alicyclic amines) is 1. The molecule has 26 heavy (non-hydrogen) atoms. The lowest BCUT2D eigenvalue weighted by atomic mass is 9.97. The maximum Gasteiger partial charge on any atom is 0.407 e. The number of nitrogens with one attached hydrogen (secondary N) is 1. The molecule has 2 aromatic rings. The van der Waals surface area contributed by atoms with E-state index in [1.165, 1.54) is 0 Å². The predicted molar refractivity (Wildman–Crippen MR) is 98.1 cm³/mol. The van der Waals surface area contributed by atoms with Crippen molar-refractivity contribution in [2.24, 2.45) is 5.92 Å². The van der Waals surface area contributed by atoms with Crippen LogP contribution in [0.1, 0.15) is 44.0 Å². The summed E-state index contributed by atoms with van der Waals surface area (Å²) in [5.74, 6) is 0.212. The molecule has 7 nitrogen and oxygen atoms in total. The van der Waals surface area contributed by atoms with E-state index in [-0.39, 0.29) is 11.8 Å². The molecule has 3 heterocycles. The topological polar surface area (TPSA) is 75.9 Å². The van der Waals surface area contributed by atoms with Crippen molar-refractivity contribution in [3.05, 3.63) is 36.3 Å². The number of fused-ring (bicyclic) bond motifs is 1. The van der Waals surface area contributed by atoms with E-state index in [4.69, 9.17) is 4.74 Å². The second kappa shape index (κ2) is 7.35. The Morgan fingerprint density at radius 2 is 2.15 bits per heavy atom. The van der Waals surface area contributed by atoms with Crippen LogP contribution >= 0.6 is 0 Å². The van der Waals surface area contributed by atoms with E-state index in [1.54, 1.807) is 6.20 Å². The largest absolute Gasteiger partial charge is 0.444 e. The Hall–Kier alpha value is -2.57. The zero-order valence-electron chi connectivity index (χ0n) is 15.6. The number of aromatic nitrogens is 2. The minimum atomic E-state index is -0.512. The highest BCUT2D eigenvalue weighted by Crippen LogP contribution is 2.20. The van der Waals surface area contributed by atoms with Gasteiger partial charge in [-0.25, -0.2) is 9.78 Å². The monoisotopic (exact) mass is 358 g/mol. The van der Waals surface area contributed by atoms with Crippen LogP contribution < -0.4 is 5.32 Å². The lowest BCUT2D eigenvalue weighted by molar-refractivity contribution is 0.0503. The molecule has 1 aliphatic heterocycles. The molecule has 7 heteroatoms. The molecule has 0 radical (unpaired) electrons. The van der Waals surface area contributed by atoms with E-state index < -0.39 is 11.7 Å². The molecule has 0 aliphatic carbocycles. The third kappa shape index (κ3) is 4.33. The van der Waals surface area contributed by atoms with Crippen LogP contribution in [0, 0.1) is 5.92 Å². The predicted octanol–water partition coefficient (Wildman–Crippen LogP) is 2.71. The van der Waals surface area contributed by atoms with Gasteiger partial charge in [0.15, 0.2) is 0 Å². The average molecular weight is 358 g/mol. The van der Waals surface area contributed by atoms with Gasteiger partial charge >= 0.3 is 6.09 Å². The highest BCUT2D eigenvalue weighted by molar-refractivity contribution is 5.99. The van der Waals surface area contributed by atoms with Gasteiger partial charge in [-0.2, -0.15) is 0 Å². The second-order valence-corrected chi connectivity index (χ2v) is 7.72. The summed E-state index contributed by atoms with van der Waals surface area (Å²) in [7, 11) is 0. The van der Waals surface area contributed by atoms with E-state index in [1.807, 2.05) is 54.6 Å². The van der Waals surface area contributed by atoms with Crippen LogP contribution in [0.25, 0.3) is 5.65 Å². The van der Waals surface area contributed by atoms with Crippen molar-refractivity contribution in [1.82, 2.24) is 19.6 Å². The van der Waals surface area contributed by atoms with Gasteiger partial charge in [-0.05, 0) is 51.7 Å². The molecule has 0 unspecified atom stereocenters. The van der Waals surface area contributed by atoms with Gasteiger partial charge in [0.1, 0.15) is 11.2 Å². The first-order valence-electron chi connectivity index (χ1n) is 9.01. The maximum absolute atomic E-state index is 12.9. The Morgan fingerprint density at radius 1 is 1.35 bits per heavy atom. The first-order chi connectivity index (χ1) is 12.3. The Kier molecular flexibility index (Phi) is 5.15. The highest BCUT2D eigenvalue weighted by Gasteiger charge is 2.26. The molecular formula is C19H26N4O3. The van der Waals surface area contributed by atoms with Crippen molar-refractivity contribution in [3.63, 3.8) is 0 Å². The van der Waals surface area contributed by atoms with Crippen LogP contribution in [0.5, 0.6) is 0 Å². The fourth-order valence-corrected chi connectivity index (χ4v) is 3.24. The molecule has 0 bridgehead atoms. The molecule has 2 aromatic heterocycles. The molecule has 140 valence electrons. The third-order valence-electron chi connectivity index (χ3n) is 4.39. The molecule has 0 aromatic carbocycles. The highest BCUT2D eigenvalue weighted by atomic mass is 16.6. The maximum atomic E-state index is 12.9. The fourth-order valence-electron chi connectivity index (χ4n) is 3.24. The van der Waals surface area contributed by atoms with Gasteiger partial charge in [0.05, 0.1) is 5.56 Å². The number of hydrogen-bond donors (Lipinski definition) is 1. The molecule has 1 atom stereocenters. The number of carbonyl (C=O) groups is 2. The Morgan fingerprint density at radius 3 is 2.92 bits per heavy atom. The molecule has 3 rings (SSSR count). The lowest BCUT2D eigenvalue weighted by Gasteiger charge is -2.33. The normalized spacial score (nSPS) is 18.0. The third-order valence-corrected chi connectivity index (χ3v) is 4.39. The van der Waals surface area contributed by atoms with Crippen LogP contribution in [0.2, 0.25) is 0 Å². The standard InChI is InChI=1S/C19H26N4O3/c1-19(2,3)26-18(25)21-12-14-6-4-10-23(13-14)17(24)15-7-5-9-22-11-8-20-16(15)22/h5,7-9,11,14H,4,6,10,12-13H2,1-3H3,(H,21,25)/t14-/m0/s1. The Balaban J connectivity index is 1.60. The van der Waals surface area contributed by atoms with Gasteiger partial charge < -0.3 is 19.4 Å². The first-order valence-corrected chi connectivity index (χ1v) is 9.01. The molecule has 0 spiro atoms. The van der Waals surface area contributed by atoms with Gasteiger partial charge in [-0.15, -0.1) is 0 Å². The molecule has 0 saturated carbocycles. The van der Waals surface area contributed by atoms with E-state index in [2.05, 4.69) is 10.3 Å². The minimum Gasteiger partial charge on any atom is -0.444 e. The van der Waals surface area contributed by atoms with Crippen LogP contribution in [0.3, 0.4) is 0 Å². The van der Waals surface area contributed by atoms with Crippen molar-refractivity contribution in [1.29, 1.82) is 0 Å². The number of piperidine rings is 1. The zero-order valence-corrected chi connectivity index (χ0v) is 15.6. The molecular weight excluding hydrogens is 332 g/mol. The molecule has 1 aliphatic rings. The zero-order chi connectivity index (χ0) is 18.7. The smallest absolute Gasteiger partial charge is 0.407 e. The fraction of sp³-hybridized carbons (Fsp3) is 0.526. The Bertz CT molecular complexity index is 793. The summed E-state index contributed by atoms with van der Waals surface area (Å²) in [5.41, 5.74) is 0.770. The van der Waals surface area contributed by atoms with Crippen molar-refractivity contribution in [3.8, 4) is 0 Å². The summed E-state index contributed by atoms with van der Waals surface area (Å²) in [6.45, 7) is 7.36. The van der Waals surface area contributed by atoms with Crippen LogP contribution in [-0.4, -0.2) is 51.5 Å². The number of pyridine rings is 1. The second-order valence-electron chi connectivity index (χ2n) is 7.72. The van der Waals surface area contributed by atoms with E-state index in [9.17, 15) is 9.59 Å². The molecule has 1 N–H and O–H groups in total. The number of nitrogens with zero attached hydrogens (tertiary/aromatic N) is 3. The van der Waals surface area contributed by atoms with Crippen molar-refractivity contribution < 1.29 is 14.3 Å².